The Balaban J connectivity index is 1.87. The molecule has 1 aromatic rings. The number of aliphatic hydroxyl groups is 1. The summed E-state index contributed by atoms with van der Waals surface area (Å²) in [5.74, 6) is 0.125. The average molecular weight is 283 g/mol. The Morgan fingerprint density at radius 2 is 1.85 bits per heavy atom. The minimum absolute atomic E-state index is 0.320. The Bertz CT molecular complexity index is 432. The minimum atomic E-state index is -0.810. The first kappa shape index (κ1) is 15.4. The SMILES string of the molecule is CC1CCN(CCC(O)c2cc(F)cc(F)c2)CC1C. The molecule has 1 aliphatic rings. The van der Waals surface area contributed by atoms with Crippen molar-refractivity contribution < 1.29 is 13.9 Å². The van der Waals surface area contributed by atoms with E-state index < -0.39 is 17.7 Å². The quantitative estimate of drug-likeness (QED) is 0.916. The van der Waals surface area contributed by atoms with Crippen molar-refractivity contribution in [2.45, 2.75) is 32.8 Å². The van der Waals surface area contributed by atoms with Gasteiger partial charge in [-0.3, -0.25) is 0 Å². The Hall–Kier alpha value is -1.00. The van der Waals surface area contributed by atoms with E-state index in [4.69, 9.17) is 0 Å². The predicted molar refractivity (Wildman–Crippen MR) is 75.3 cm³/mol. The number of hydrogen-bond donors (Lipinski definition) is 1. The van der Waals surface area contributed by atoms with E-state index in [2.05, 4.69) is 18.7 Å². The second-order valence-electron chi connectivity index (χ2n) is 6.05. The van der Waals surface area contributed by atoms with Crippen LogP contribution in [0.4, 0.5) is 8.78 Å². The topological polar surface area (TPSA) is 23.5 Å². The number of aliphatic hydroxyl groups excluding tert-OH is 1. The van der Waals surface area contributed by atoms with Crippen LogP contribution in [-0.4, -0.2) is 29.6 Å². The molecule has 20 heavy (non-hydrogen) atoms. The molecule has 3 unspecified atom stereocenters. The van der Waals surface area contributed by atoms with Gasteiger partial charge in [0.25, 0.3) is 0 Å². The van der Waals surface area contributed by atoms with Gasteiger partial charge in [-0.15, -0.1) is 0 Å². The van der Waals surface area contributed by atoms with Crippen LogP contribution in [0.15, 0.2) is 18.2 Å². The summed E-state index contributed by atoms with van der Waals surface area (Å²) in [6.45, 7) is 7.35. The minimum Gasteiger partial charge on any atom is -0.388 e. The smallest absolute Gasteiger partial charge is 0.126 e. The fraction of sp³-hybridized carbons (Fsp3) is 0.625. The Kier molecular flexibility index (Phi) is 5.11. The Morgan fingerprint density at radius 1 is 1.20 bits per heavy atom. The first-order chi connectivity index (χ1) is 9.45. The summed E-state index contributed by atoms with van der Waals surface area (Å²) >= 11 is 0. The largest absolute Gasteiger partial charge is 0.388 e. The molecule has 1 heterocycles. The van der Waals surface area contributed by atoms with Crippen LogP contribution in [0.25, 0.3) is 0 Å². The van der Waals surface area contributed by atoms with Crippen LogP contribution < -0.4 is 0 Å². The summed E-state index contributed by atoms with van der Waals surface area (Å²) in [7, 11) is 0. The zero-order chi connectivity index (χ0) is 14.7. The van der Waals surface area contributed by atoms with Gasteiger partial charge in [0, 0.05) is 19.2 Å². The maximum atomic E-state index is 13.1. The number of hydrogen-bond acceptors (Lipinski definition) is 2. The zero-order valence-corrected chi connectivity index (χ0v) is 12.1. The number of likely N-dealkylation sites (tertiary alicyclic amines) is 1. The normalized spacial score (nSPS) is 25.6. The summed E-state index contributed by atoms with van der Waals surface area (Å²) in [5, 5.41) is 10.1. The zero-order valence-electron chi connectivity index (χ0n) is 12.1. The molecule has 0 radical (unpaired) electrons. The third-order valence-electron chi connectivity index (χ3n) is 4.41. The Morgan fingerprint density at radius 3 is 2.45 bits per heavy atom. The van der Waals surface area contributed by atoms with Crippen molar-refractivity contribution in [3.05, 3.63) is 35.4 Å². The maximum absolute atomic E-state index is 13.1. The van der Waals surface area contributed by atoms with Gasteiger partial charge >= 0.3 is 0 Å². The van der Waals surface area contributed by atoms with Crippen LogP contribution in [0.3, 0.4) is 0 Å². The van der Waals surface area contributed by atoms with E-state index in [1.54, 1.807) is 0 Å². The molecule has 0 bridgehead atoms. The molecule has 1 fully saturated rings. The molecule has 0 aromatic heterocycles. The second kappa shape index (κ2) is 6.64. The van der Waals surface area contributed by atoms with E-state index in [0.29, 0.717) is 17.9 Å². The summed E-state index contributed by atoms with van der Waals surface area (Å²) in [6, 6.07) is 3.23. The van der Waals surface area contributed by atoms with Crippen LogP contribution in [0.1, 0.15) is 38.4 Å². The predicted octanol–water partition coefficient (Wildman–Crippen LogP) is 3.37. The van der Waals surface area contributed by atoms with Gasteiger partial charge in [0.05, 0.1) is 6.10 Å². The molecule has 0 amide bonds. The van der Waals surface area contributed by atoms with Gasteiger partial charge in [0.2, 0.25) is 0 Å². The highest BCUT2D eigenvalue weighted by Gasteiger charge is 2.23. The van der Waals surface area contributed by atoms with E-state index >= 15 is 0 Å². The molecule has 1 aromatic carbocycles. The summed E-state index contributed by atoms with van der Waals surface area (Å²) in [6.07, 6.45) is 0.866. The van der Waals surface area contributed by atoms with Gasteiger partial charge in [-0.2, -0.15) is 0 Å². The van der Waals surface area contributed by atoms with Crippen molar-refractivity contribution in [2.75, 3.05) is 19.6 Å². The summed E-state index contributed by atoms with van der Waals surface area (Å²) in [5.41, 5.74) is 0.320. The van der Waals surface area contributed by atoms with Crippen molar-refractivity contribution in [3.63, 3.8) is 0 Å². The lowest BCUT2D eigenvalue weighted by Gasteiger charge is -2.35. The van der Waals surface area contributed by atoms with E-state index in [1.165, 1.54) is 18.6 Å². The fourth-order valence-corrected chi connectivity index (χ4v) is 2.79. The van der Waals surface area contributed by atoms with E-state index in [0.717, 1.165) is 31.6 Å². The van der Waals surface area contributed by atoms with Gasteiger partial charge in [0.1, 0.15) is 11.6 Å². The van der Waals surface area contributed by atoms with Gasteiger partial charge < -0.3 is 10.0 Å². The van der Waals surface area contributed by atoms with Gasteiger partial charge in [-0.05, 0) is 48.9 Å². The molecule has 0 aliphatic carbocycles. The standard InChI is InChI=1S/C16H23F2NO/c1-11-3-5-19(10-12(11)2)6-4-16(20)13-7-14(17)9-15(18)8-13/h7-9,11-12,16,20H,3-6,10H2,1-2H3. The molecule has 0 spiro atoms. The third kappa shape index (κ3) is 4.00. The molecule has 3 atom stereocenters. The van der Waals surface area contributed by atoms with E-state index in [-0.39, 0.29) is 0 Å². The van der Waals surface area contributed by atoms with Crippen LogP contribution in [0, 0.1) is 23.5 Å². The molecule has 112 valence electrons. The van der Waals surface area contributed by atoms with Crippen molar-refractivity contribution in [1.82, 2.24) is 4.90 Å². The van der Waals surface area contributed by atoms with Crippen LogP contribution in [0.5, 0.6) is 0 Å². The molecule has 2 rings (SSSR count). The van der Waals surface area contributed by atoms with Crippen LogP contribution in [0.2, 0.25) is 0 Å². The van der Waals surface area contributed by atoms with E-state index in [9.17, 15) is 13.9 Å². The first-order valence-corrected chi connectivity index (χ1v) is 7.32. The van der Waals surface area contributed by atoms with Crippen molar-refractivity contribution in [1.29, 1.82) is 0 Å². The van der Waals surface area contributed by atoms with Crippen molar-refractivity contribution in [3.8, 4) is 0 Å². The van der Waals surface area contributed by atoms with Crippen molar-refractivity contribution >= 4 is 0 Å². The highest BCUT2D eigenvalue weighted by molar-refractivity contribution is 5.20. The molecule has 1 N–H and O–H groups in total. The molecular weight excluding hydrogens is 260 g/mol. The summed E-state index contributed by atoms with van der Waals surface area (Å²) in [4.78, 5) is 2.32. The van der Waals surface area contributed by atoms with Gasteiger partial charge in [-0.1, -0.05) is 13.8 Å². The number of nitrogens with zero attached hydrogens (tertiary/aromatic N) is 1. The van der Waals surface area contributed by atoms with Crippen LogP contribution in [-0.2, 0) is 0 Å². The lowest BCUT2D eigenvalue weighted by molar-refractivity contribution is 0.102. The lowest BCUT2D eigenvalue weighted by Crippen LogP contribution is -2.39. The number of rotatable bonds is 4. The maximum Gasteiger partial charge on any atom is 0.126 e. The second-order valence-corrected chi connectivity index (χ2v) is 6.05. The highest BCUT2D eigenvalue weighted by Crippen LogP contribution is 2.24. The lowest BCUT2D eigenvalue weighted by atomic mass is 9.88. The molecule has 2 nitrogen and oxygen atoms in total. The number of halogens is 2. The Labute approximate surface area is 119 Å². The van der Waals surface area contributed by atoms with Crippen molar-refractivity contribution in [2.24, 2.45) is 11.8 Å². The fourth-order valence-electron chi connectivity index (χ4n) is 2.79. The number of benzene rings is 1. The third-order valence-corrected chi connectivity index (χ3v) is 4.41. The molecule has 1 saturated heterocycles. The molecular formula is C16H23F2NO. The van der Waals surface area contributed by atoms with Gasteiger partial charge in [-0.25, -0.2) is 8.78 Å². The van der Waals surface area contributed by atoms with E-state index in [1.807, 2.05) is 0 Å². The highest BCUT2D eigenvalue weighted by atomic mass is 19.1. The van der Waals surface area contributed by atoms with Crippen LogP contribution >= 0.6 is 0 Å². The van der Waals surface area contributed by atoms with Gasteiger partial charge in [0.15, 0.2) is 0 Å². The molecule has 4 heteroatoms. The molecule has 1 aliphatic heterocycles. The monoisotopic (exact) mass is 283 g/mol. The summed E-state index contributed by atoms with van der Waals surface area (Å²) < 4.78 is 26.2. The molecule has 0 saturated carbocycles. The first-order valence-electron chi connectivity index (χ1n) is 7.32. The number of piperidine rings is 1. The average Bonchev–Trinajstić information content (AvgIpc) is 2.38.